The fourth-order valence-corrected chi connectivity index (χ4v) is 3.33. The molecule has 1 aliphatic heterocycles. The number of anilines is 1. The van der Waals surface area contributed by atoms with E-state index in [4.69, 9.17) is 0 Å². The Morgan fingerprint density at radius 3 is 2.57 bits per heavy atom. The molecule has 0 atom stereocenters. The van der Waals surface area contributed by atoms with Gasteiger partial charge in [-0.3, -0.25) is 4.68 Å². The summed E-state index contributed by atoms with van der Waals surface area (Å²) >= 11 is 0. The summed E-state index contributed by atoms with van der Waals surface area (Å²) in [4.78, 5) is 14.0. The second kappa shape index (κ2) is 4.64. The number of carbonyl (C=O) groups excluding carboxylic acids is 1. The largest absolute Gasteiger partial charge is 0.437 e. The van der Waals surface area contributed by atoms with Gasteiger partial charge in [0.25, 0.3) is 0 Å². The molecule has 2 aliphatic rings. The molecule has 1 saturated carbocycles. The first-order chi connectivity index (χ1) is 9.82. The van der Waals surface area contributed by atoms with Crippen LogP contribution < -0.4 is 5.32 Å². The van der Waals surface area contributed by atoms with Gasteiger partial charge in [0.15, 0.2) is 5.69 Å². The van der Waals surface area contributed by atoms with Crippen molar-refractivity contribution < 1.29 is 18.0 Å². The molecule has 1 spiro atoms. The monoisotopic (exact) mass is 302 g/mol. The Bertz CT molecular complexity index is 562. The summed E-state index contributed by atoms with van der Waals surface area (Å²) in [6, 6.07) is -0.453. The smallest absolute Gasteiger partial charge is 0.319 e. The van der Waals surface area contributed by atoms with Crippen LogP contribution in [0, 0.1) is 0 Å². The van der Waals surface area contributed by atoms with E-state index in [0.717, 1.165) is 36.8 Å². The van der Waals surface area contributed by atoms with Crippen LogP contribution in [0.25, 0.3) is 0 Å². The molecular formula is C13H17F3N4O. The zero-order valence-electron chi connectivity index (χ0n) is 11.7. The van der Waals surface area contributed by atoms with Crippen LogP contribution in [0.2, 0.25) is 0 Å². The molecule has 1 aromatic rings. The highest BCUT2D eigenvalue weighted by Crippen LogP contribution is 2.45. The number of alkyl halides is 3. The van der Waals surface area contributed by atoms with Gasteiger partial charge in [-0.15, -0.1) is 0 Å². The van der Waals surface area contributed by atoms with Crippen LogP contribution in [0.1, 0.15) is 37.8 Å². The molecule has 116 valence electrons. The minimum Gasteiger partial charge on any atom is -0.319 e. The van der Waals surface area contributed by atoms with Gasteiger partial charge in [-0.2, -0.15) is 18.3 Å². The highest BCUT2D eigenvalue weighted by Gasteiger charge is 2.48. The maximum atomic E-state index is 12.9. The SMILES string of the molecule is Cn1cc(NC(=O)N2CCCC23CCC3)c(C(F)(F)F)n1. The first-order valence-corrected chi connectivity index (χ1v) is 7.01. The van der Waals surface area contributed by atoms with Gasteiger partial charge in [0.2, 0.25) is 0 Å². The van der Waals surface area contributed by atoms with E-state index >= 15 is 0 Å². The van der Waals surface area contributed by atoms with Gasteiger partial charge in [0.05, 0.1) is 5.69 Å². The molecule has 1 aliphatic carbocycles. The Kier molecular flexibility index (Phi) is 3.14. The van der Waals surface area contributed by atoms with E-state index in [0.29, 0.717) is 6.54 Å². The van der Waals surface area contributed by atoms with Gasteiger partial charge in [-0.25, -0.2) is 4.79 Å². The maximum Gasteiger partial charge on any atom is 0.437 e. The van der Waals surface area contributed by atoms with Crippen molar-refractivity contribution in [2.24, 2.45) is 7.05 Å². The van der Waals surface area contributed by atoms with Gasteiger partial charge < -0.3 is 10.2 Å². The predicted octanol–water partition coefficient (Wildman–Crippen LogP) is 2.99. The number of hydrogen-bond donors (Lipinski definition) is 1. The van der Waals surface area contributed by atoms with E-state index in [1.807, 2.05) is 0 Å². The number of nitrogens with zero attached hydrogens (tertiary/aromatic N) is 3. The van der Waals surface area contributed by atoms with Crippen LogP contribution in [0.4, 0.5) is 23.7 Å². The van der Waals surface area contributed by atoms with Gasteiger partial charge in [0, 0.05) is 25.3 Å². The van der Waals surface area contributed by atoms with Crippen molar-refractivity contribution in [3.63, 3.8) is 0 Å². The van der Waals surface area contributed by atoms with Gasteiger partial charge >= 0.3 is 12.2 Å². The molecule has 5 nitrogen and oxygen atoms in total. The zero-order valence-corrected chi connectivity index (χ0v) is 11.7. The third-order valence-electron chi connectivity index (χ3n) is 4.46. The lowest BCUT2D eigenvalue weighted by Crippen LogP contribution is -2.53. The molecule has 0 radical (unpaired) electrons. The molecule has 2 fully saturated rings. The van der Waals surface area contributed by atoms with E-state index in [1.54, 1.807) is 4.90 Å². The molecular weight excluding hydrogens is 285 g/mol. The molecule has 21 heavy (non-hydrogen) atoms. The summed E-state index contributed by atoms with van der Waals surface area (Å²) in [6.45, 7) is 0.605. The third-order valence-corrected chi connectivity index (χ3v) is 4.46. The maximum absolute atomic E-state index is 12.9. The Labute approximate surface area is 120 Å². The lowest BCUT2D eigenvalue weighted by molar-refractivity contribution is -0.140. The van der Waals surface area contributed by atoms with Crippen LogP contribution in [0.15, 0.2) is 6.20 Å². The second-order valence-electron chi connectivity index (χ2n) is 5.83. The Morgan fingerprint density at radius 2 is 2.00 bits per heavy atom. The van der Waals surface area contributed by atoms with Crippen molar-refractivity contribution in [1.82, 2.24) is 14.7 Å². The predicted molar refractivity (Wildman–Crippen MR) is 69.8 cm³/mol. The molecule has 1 saturated heterocycles. The summed E-state index contributed by atoms with van der Waals surface area (Å²) in [7, 11) is 1.40. The van der Waals surface area contributed by atoms with Crippen molar-refractivity contribution >= 4 is 11.7 Å². The first kappa shape index (κ1) is 14.2. The minimum absolute atomic E-state index is 0.120. The second-order valence-corrected chi connectivity index (χ2v) is 5.83. The molecule has 3 rings (SSSR count). The Morgan fingerprint density at radius 1 is 1.33 bits per heavy atom. The fraction of sp³-hybridized carbons (Fsp3) is 0.692. The van der Waals surface area contributed by atoms with Gasteiger partial charge in [-0.1, -0.05) is 0 Å². The fourth-order valence-electron chi connectivity index (χ4n) is 3.33. The molecule has 1 aromatic heterocycles. The normalized spacial score (nSPS) is 20.7. The van der Waals surface area contributed by atoms with Crippen molar-refractivity contribution in [1.29, 1.82) is 0 Å². The summed E-state index contributed by atoms with van der Waals surface area (Å²) in [5.74, 6) is 0. The quantitative estimate of drug-likeness (QED) is 0.867. The molecule has 0 bridgehead atoms. The summed E-state index contributed by atoms with van der Waals surface area (Å²) < 4.78 is 39.7. The molecule has 2 amide bonds. The molecule has 8 heteroatoms. The van der Waals surface area contributed by atoms with Gasteiger partial charge in [-0.05, 0) is 32.1 Å². The highest BCUT2D eigenvalue weighted by molar-refractivity contribution is 5.90. The number of rotatable bonds is 1. The lowest BCUT2D eigenvalue weighted by Gasteiger charge is -2.45. The van der Waals surface area contributed by atoms with Crippen molar-refractivity contribution in [2.75, 3.05) is 11.9 Å². The number of carbonyl (C=O) groups is 1. The van der Waals surface area contributed by atoms with E-state index in [1.165, 1.54) is 13.2 Å². The first-order valence-electron chi connectivity index (χ1n) is 7.01. The van der Waals surface area contributed by atoms with E-state index in [-0.39, 0.29) is 11.2 Å². The van der Waals surface area contributed by atoms with E-state index in [2.05, 4.69) is 10.4 Å². The average Bonchev–Trinajstić information content (AvgIpc) is 2.91. The Balaban J connectivity index is 1.79. The summed E-state index contributed by atoms with van der Waals surface area (Å²) in [5.41, 5.74) is -1.46. The lowest BCUT2D eigenvalue weighted by atomic mass is 9.75. The van der Waals surface area contributed by atoms with Crippen LogP contribution in [0.3, 0.4) is 0 Å². The number of likely N-dealkylation sites (tertiary alicyclic amines) is 1. The topological polar surface area (TPSA) is 50.2 Å². The average molecular weight is 302 g/mol. The number of aromatic nitrogens is 2. The van der Waals surface area contributed by atoms with Crippen molar-refractivity contribution in [3.05, 3.63) is 11.9 Å². The van der Waals surface area contributed by atoms with Crippen LogP contribution in [-0.2, 0) is 13.2 Å². The minimum atomic E-state index is -4.58. The third kappa shape index (κ3) is 2.36. The highest BCUT2D eigenvalue weighted by atomic mass is 19.4. The van der Waals surface area contributed by atoms with Crippen LogP contribution in [0.5, 0.6) is 0 Å². The number of urea groups is 1. The number of nitrogens with one attached hydrogen (secondary N) is 1. The number of hydrogen-bond acceptors (Lipinski definition) is 2. The van der Waals surface area contributed by atoms with Gasteiger partial charge in [0.1, 0.15) is 0 Å². The van der Waals surface area contributed by atoms with E-state index in [9.17, 15) is 18.0 Å². The van der Waals surface area contributed by atoms with Crippen LogP contribution in [-0.4, -0.2) is 32.8 Å². The van der Waals surface area contributed by atoms with Crippen LogP contribution >= 0.6 is 0 Å². The standard InChI is InChI=1S/C13H17F3N4O/c1-19-8-9(10(18-19)13(14,15)16)17-11(21)20-7-3-6-12(20)4-2-5-12/h8H,2-7H2,1H3,(H,17,21). The summed E-state index contributed by atoms with van der Waals surface area (Å²) in [6.07, 6.45) is 1.42. The molecule has 2 heterocycles. The van der Waals surface area contributed by atoms with Crippen molar-refractivity contribution in [3.8, 4) is 0 Å². The molecule has 0 unspecified atom stereocenters. The number of aryl methyl sites for hydroxylation is 1. The zero-order chi connectivity index (χ0) is 15.3. The molecule has 1 N–H and O–H groups in total. The Hall–Kier alpha value is -1.73. The molecule has 0 aromatic carbocycles. The number of halogens is 3. The van der Waals surface area contributed by atoms with Crippen molar-refractivity contribution in [2.45, 2.75) is 43.8 Å². The summed E-state index contributed by atoms with van der Waals surface area (Å²) in [5, 5.41) is 5.78. The number of amides is 2. The van der Waals surface area contributed by atoms with E-state index < -0.39 is 17.9 Å².